The molecule has 0 radical (unpaired) electrons. The highest BCUT2D eigenvalue weighted by Gasteiger charge is 2.19. The largest absolute Gasteiger partial charge is 0.462 e. The normalized spacial score (nSPS) is 12.5. The second-order valence-corrected chi connectivity index (χ2v) is 16.1. The average Bonchev–Trinajstić information content (AvgIpc) is 3.22. The maximum atomic E-state index is 12.7. The molecule has 6 heteroatoms. The van der Waals surface area contributed by atoms with E-state index >= 15 is 0 Å². The molecule has 0 bridgehead atoms. The van der Waals surface area contributed by atoms with Gasteiger partial charge in [0.2, 0.25) is 0 Å². The van der Waals surface area contributed by atoms with E-state index < -0.39 is 6.10 Å². The number of ether oxygens (including phenoxy) is 3. The molecule has 58 heavy (non-hydrogen) atoms. The summed E-state index contributed by atoms with van der Waals surface area (Å²) in [6, 6.07) is 0. The molecule has 0 aromatic carbocycles. The zero-order chi connectivity index (χ0) is 42.3. The molecule has 0 N–H and O–H groups in total. The molecule has 334 valence electrons. The summed E-state index contributed by atoms with van der Waals surface area (Å²) in [4.78, 5) is 37.8. The van der Waals surface area contributed by atoms with Gasteiger partial charge in [-0.2, -0.15) is 0 Å². The fraction of sp³-hybridized carbons (Fsp3) is 0.750. The maximum Gasteiger partial charge on any atom is 0.306 e. The Bertz CT molecular complexity index is 1070. The van der Waals surface area contributed by atoms with Crippen molar-refractivity contribution in [1.29, 1.82) is 0 Å². The van der Waals surface area contributed by atoms with Gasteiger partial charge in [-0.15, -0.1) is 0 Å². The molecule has 1 unspecified atom stereocenters. The molecule has 0 aliphatic carbocycles. The first-order chi connectivity index (χ1) is 28.5. The monoisotopic (exact) mass is 811 g/mol. The van der Waals surface area contributed by atoms with Gasteiger partial charge in [-0.1, -0.05) is 210 Å². The highest BCUT2D eigenvalue weighted by atomic mass is 16.6. The molecule has 0 fully saturated rings. The van der Waals surface area contributed by atoms with Crippen molar-refractivity contribution in [3.8, 4) is 0 Å². The second kappa shape index (κ2) is 46.8. The Hall–Kier alpha value is -2.89. The number of hydrogen-bond donors (Lipinski definition) is 0. The van der Waals surface area contributed by atoms with E-state index in [4.69, 9.17) is 14.2 Å². The van der Waals surface area contributed by atoms with E-state index in [2.05, 4.69) is 63.3 Å². The van der Waals surface area contributed by atoms with Crippen molar-refractivity contribution in [1.82, 2.24) is 0 Å². The number of esters is 3. The van der Waals surface area contributed by atoms with Crippen LogP contribution in [0, 0.1) is 0 Å². The Morgan fingerprint density at radius 3 is 1.12 bits per heavy atom. The molecule has 0 aliphatic rings. The van der Waals surface area contributed by atoms with Crippen LogP contribution < -0.4 is 0 Å². The highest BCUT2D eigenvalue weighted by Crippen LogP contribution is 2.14. The van der Waals surface area contributed by atoms with Crippen LogP contribution in [0.4, 0.5) is 0 Å². The molecule has 0 aromatic rings. The van der Waals surface area contributed by atoms with Crippen LogP contribution in [0.3, 0.4) is 0 Å². The predicted octanol–water partition coefficient (Wildman–Crippen LogP) is 15.7. The van der Waals surface area contributed by atoms with E-state index in [1.54, 1.807) is 0 Å². The van der Waals surface area contributed by atoms with Crippen molar-refractivity contribution in [2.24, 2.45) is 0 Å². The first kappa shape index (κ1) is 55.1. The topological polar surface area (TPSA) is 78.9 Å². The Labute approximate surface area is 358 Å². The van der Waals surface area contributed by atoms with Crippen LogP contribution in [0.5, 0.6) is 0 Å². The Morgan fingerprint density at radius 1 is 0.362 bits per heavy atom. The molecule has 0 heterocycles. The van der Waals surface area contributed by atoms with Gasteiger partial charge in [0, 0.05) is 19.3 Å². The third-order valence-corrected chi connectivity index (χ3v) is 10.4. The number of allylic oxidation sites excluding steroid dienone is 10. The number of carbonyl (C=O) groups is 3. The van der Waals surface area contributed by atoms with Crippen LogP contribution in [0.15, 0.2) is 60.8 Å². The first-order valence-electron chi connectivity index (χ1n) is 24.3. The van der Waals surface area contributed by atoms with Gasteiger partial charge in [-0.3, -0.25) is 14.4 Å². The van der Waals surface area contributed by atoms with Crippen molar-refractivity contribution >= 4 is 17.9 Å². The third-order valence-electron chi connectivity index (χ3n) is 10.4. The van der Waals surface area contributed by atoms with Gasteiger partial charge in [0.1, 0.15) is 13.2 Å². The smallest absolute Gasteiger partial charge is 0.306 e. The summed E-state index contributed by atoms with van der Waals surface area (Å²) >= 11 is 0. The van der Waals surface area contributed by atoms with E-state index in [1.165, 1.54) is 96.3 Å². The van der Waals surface area contributed by atoms with E-state index in [1.807, 2.05) is 18.2 Å². The number of hydrogen-bond acceptors (Lipinski definition) is 6. The molecule has 1 atom stereocenters. The van der Waals surface area contributed by atoms with Crippen LogP contribution in [0.2, 0.25) is 0 Å². The summed E-state index contributed by atoms with van der Waals surface area (Å²) in [5.74, 6) is -0.926. The quantitative estimate of drug-likeness (QED) is 0.0201. The van der Waals surface area contributed by atoms with Gasteiger partial charge in [0.15, 0.2) is 6.10 Å². The predicted molar refractivity (Wildman–Crippen MR) is 247 cm³/mol. The minimum Gasteiger partial charge on any atom is -0.462 e. The molecule has 0 saturated carbocycles. The first-order valence-corrected chi connectivity index (χ1v) is 24.3. The number of unbranched alkanes of at least 4 members (excludes halogenated alkanes) is 25. The molecule has 0 aromatic heterocycles. The molecule has 0 saturated heterocycles. The number of rotatable bonds is 43. The summed E-state index contributed by atoms with van der Waals surface area (Å²) < 4.78 is 16.7. The van der Waals surface area contributed by atoms with Gasteiger partial charge in [-0.25, -0.2) is 0 Å². The summed E-state index contributed by atoms with van der Waals surface area (Å²) in [5, 5.41) is 0. The third kappa shape index (κ3) is 44.2. The van der Waals surface area contributed by atoms with Crippen molar-refractivity contribution in [3.05, 3.63) is 60.8 Å². The van der Waals surface area contributed by atoms with Crippen molar-refractivity contribution in [2.75, 3.05) is 13.2 Å². The van der Waals surface area contributed by atoms with Crippen molar-refractivity contribution in [3.63, 3.8) is 0 Å². The molecular weight excluding hydrogens is 721 g/mol. The van der Waals surface area contributed by atoms with Crippen LogP contribution in [0.25, 0.3) is 0 Å². The zero-order valence-corrected chi connectivity index (χ0v) is 38.0. The Kier molecular flexibility index (Phi) is 44.5. The molecule has 0 spiro atoms. The summed E-state index contributed by atoms with van der Waals surface area (Å²) in [6.07, 6.45) is 56.3. The van der Waals surface area contributed by atoms with Gasteiger partial charge >= 0.3 is 17.9 Å². The minimum atomic E-state index is -0.788. The lowest BCUT2D eigenvalue weighted by Crippen LogP contribution is -2.30. The van der Waals surface area contributed by atoms with Crippen molar-refractivity contribution < 1.29 is 28.6 Å². The van der Waals surface area contributed by atoms with Gasteiger partial charge in [0.25, 0.3) is 0 Å². The van der Waals surface area contributed by atoms with E-state index in [9.17, 15) is 14.4 Å². The van der Waals surface area contributed by atoms with Gasteiger partial charge in [0.05, 0.1) is 0 Å². The lowest BCUT2D eigenvalue weighted by Gasteiger charge is -2.18. The SMILES string of the molecule is CC\C=C/C=C\C=C/C=C\CCCCCCCC(=O)OCC(COC(=O)CCCCCCCCCCCCC)OC(=O)CCCCC/C=C\CCCCCCCCC. The summed E-state index contributed by atoms with van der Waals surface area (Å²) in [7, 11) is 0. The van der Waals surface area contributed by atoms with Crippen molar-refractivity contribution in [2.45, 2.75) is 239 Å². The fourth-order valence-corrected chi connectivity index (χ4v) is 6.68. The molecule has 0 amide bonds. The molecular formula is C52H90O6. The van der Waals surface area contributed by atoms with Crippen LogP contribution in [0.1, 0.15) is 233 Å². The second-order valence-electron chi connectivity index (χ2n) is 16.1. The fourth-order valence-electron chi connectivity index (χ4n) is 6.68. The van der Waals surface area contributed by atoms with Crippen LogP contribution >= 0.6 is 0 Å². The zero-order valence-electron chi connectivity index (χ0n) is 38.0. The lowest BCUT2D eigenvalue weighted by molar-refractivity contribution is -0.167. The lowest BCUT2D eigenvalue weighted by atomic mass is 10.1. The van der Waals surface area contributed by atoms with Crippen LogP contribution in [-0.4, -0.2) is 37.2 Å². The van der Waals surface area contributed by atoms with Gasteiger partial charge in [-0.05, 0) is 64.2 Å². The highest BCUT2D eigenvalue weighted by molar-refractivity contribution is 5.71. The van der Waals surface area contributed by atoms with E-state index in [0.29, 0.717) is 19.3 Å². The van der Waals surface area contributed by atoms with E-state index in [0.717, 1.165) is 96.3 Å². The molecule has 6 nitrogen and oxygen atoms in total. The summed E-state index contributed by atoms with van der Waals surface area (Å²) in [5.41, 5.74) is 0. The molecule has 0 rings (SSSR count). The van der Waals surface area contributed by atoms with Crippen LogP contribution in [-0.2, 0) is 28.6 Å². The average molecular weight is 811 g/mol. The Morgan fingerprint density at radius 2 is 0.690 bits per heavy atom. The standard InChI is InChI=1S/C52H90O6/c1-4-7-10-13-16-19-22-24-26-28-30-33-36-39-42-45-51(54)57-48-49(47-56-50(53)44-41-38-35-32-29-21-18-15-12-9-6-3)58-52(55)46-43-40-37-34-31-27-25-23-20-17-14-11-8-5-2/h7,10,13,16,19,22,24,26-27,31,49H,4-6,8-9,11-12,14-15,17-18,20-21,23,25,28-30,32-48H2,1-3H3/b10-7-,16-13-,22-19-,26-24-,31-27-. The van der Waals surface area contributed by atoms with E-state index in [-0.39, 0.29) is 31.1 Å². The maximum absolute atomic E-state index is 12.7. The summed E-state index contributed by atoms with van der Waals surface area (Å²) in [6.45, 7) is 6.45. The molecule has 0 aliphatic heterocycles. The Balaban J connectivity index is 4.43. The number of carbonyl (C=O) groups excluding carboxylic acids is 3. The minimum absolute atomic E-state index is 0.0866. The van der Waals surface area contributed by atoms with Gasteiger partial charge < -0.3 is 14.2 Å².